The molecular weight excluding hydrogens is 308 g/mol. The number of hydrogen-bond acceptors (Lipinski definition) is 4. The van der Waals surface area contributed by atoms with Crippen molar-refractivity contribution in [1.82, 2.24) is 9.88 Å². The van der Waals surface area contributed by atoms with Gasteiger partial charge in [-0.3, -0.25) is 4.79 Å². The molecule has 2 aromatic rings. The molecule has 0 spiro atoms. The van der Waals surface area contributed by atoms with Crippen LogP contribution in [0.25, 0.3) is 0 Å². The average Bonchev–Trinajstić information content (AvgIpc) is 3.01. The maximum Gasteiger partial charge on any atom is 0.226 e. The Morgan fingerprint density at radius 2 is 2.39 bits per heavy atom. The fourth-order valence-electron chi connectivity index (χ4n) is 3.67. The molecule has 2 aliphatic rings. The Morgan fingerprint density at radius 3 is 3.13 bits per heavy atom. The van der Waals surface area contributed by atoms with Gasteiger partial charge >= 0.3 is 0 Å². The first-order valence-electron chi connectivity index (χ1n) is 8.47. The molecule has 4 nitrogen and oxygen atoms in total. The van der Waals surface area contributed by atoms with Crippen molar-refractivity contribution in [3.05, 3.63) is 39.7 Å². The van der Waals surface area contributed by atoms with E-state index in [0.29, 0.717) is 0 Å². The van der Waals surface area contributed by atoms with Crippen LogP contribution in [0.3, 0.4) is 0 Å². The minimum atomic E-state index is 0.0927. The minimum absolute atomic E-state index is 0.0927. The molecule has 2 heterocycles. The fourth-order valence-corrected chi connectivity index (χ4v) is 4.90. The molecule has 3 atom stereocenters. The SMILES string of the molecule is CCc1nc2c(s1)[C@H](N(C)C(=O)[C@H]1C[C@H]1c1ccco1)CCC2. The molecule has 122 valence electrons. The number of hydrogen-bond donors (Lipinski definition) is 0. The van der Waals surface area contributed by atoms with E-state index < -0.39 is 0 Å². The van der Waals surface area contributed by atoms with Gasteiger partial charge in [-0.1, -0.05) is 6.92 Å². The Labute approximate surface area is 140 Å². The summed E-state index contributed by atoms with van der Waals surface area (Å²) in [6.45, 7) is 2.15. The highest BCUT2D eigenvalue weighted by Gasteiger charge is 2.48. The van der Waals surface area contributed by atoms with Crippen LogP contribution in [0.2, 0.25) is 0 Å². The van der Waals surface area contributed by atoms with E-state index in [1.165, 1.54) is 15.6 Å². The monoisotopic (exact) mass is 330 g/mol. The van der Waals surface area contributed by atoms with Crippen molar-refractivity contribution in [1.29, 1.82) is 0 Å². The van der Waals surface area contributed by atoms with Gasteiger partial charge in [-0.05, 0) is 44.2 Å². The molecule has 1 amide bonds. The first-order chi connectivity index (χ1) is 11.2. The summed E-state index contributed by atoms with van der Waals surface area (Å²) in [5.41, 5.74) is 1.22. The van der Waals surface area contributed by atoms with Crippen molar-refractivity contribution in [3.63, 3.8) is 0 Å². The smallest absolute Gasteiger partial charge is 0.226 e. The first-order valence-corrected chi connectivity index (χ1v) is 9.29. The number of fused-ring (bicyclic) bond motifs is 1. The lowest BCUT2D eigenvalue weighted by Gasteiger charge is -2.31. The van der Waals surface area contributed by atoms with Gasteiger partial charge < -0.3 is 9.32 Å². The standard InChI is InChI=1S/C18H22N2O2S/c1-3-16-19-13-6-4-7-14(17(13)23-16)20(2)18(21)12-10-11(12)15-8-5-9-22-15/h5,8-9,11-12,14H,3-4,6-7,10H2,1-2H3/t11-,12+,14-/m1/s1. The van der Waals surface area contributed by atoms with Crippen molar-refractivity contribution in [3.8, 4) is 0 Å². The van der Waals surface area contributed by atoms with Crippen LogP contribution in [0.15, 0.2) is 22.8 Å². The number of thiazole rings is 1. The van der Waals surface area contributed by atoms with Gasteiger partial charge in [0.15, 0.2) is 0 Å². The van der Waals surface area contributed by atoms with E-state index in [9.17, 15) is 4.79 Å². The average molecular weight is 330 g/mol. The molecule has 0 aromatic carbocycles. The van der Waals surface area contributed by atoms with Gasteiger partial charge in [-0.25, -0.2) is 4.98 Å². The maximum absolute atomic E-state index is 12.9. The quantitative estimate of drug-likeness (QED) is 0.853. The number of amides is 1. The van der Waals surface area contributed by atoms with Crippen LogP contribution < -0.4 is 0 Å². The molecule has 0 aliphatic heterocycles. The van der Waals surface area contributed by atoms with Crippen LogP contribution in [0, 0.1) is 5.92 Å². The summed E-state index contributed by atoms with van der Waals surface area (Å²) in [7, 11) is 1.96. The number of nitrogens with zero attached hydrogens (tertiary/aromatic N) is 2. The summed E-state index contributed by atoms with van der Waals surface area (Å²) in [5.74, 6) is 1.58. The van der Waals surface area contributed by atoms with Crippen LogP contribution in [-0.2, 0) is 17.6 Å². The summed E-state index contributed by atoms with van der Waals surface area (Å²) in [5, 5.41) is 1.20. The molecule has 0 bridgehead atoms. The third-order valence-electron chi connectivity index (χ3n) is 5.10. The van der Waals surface area contributed by atoms with Crippen LogP contribution in [0.5, 0.6) is 0 Å². The number of carbonyl (C=O) groups excluding carboxylic acids is 1. The highest BCUT2D eigenvalue weighted by atomic mass is 32.1. The van der Waals surface area contributed by atoms with Gasteiger partial charge in [0, 0.05) is 18.9 Å². The third-order valence-corrected chi connectivity index (χ3v) is 6.44. The van der Waals surface area contributed by atoms with E-state index in [-0.39, 0.29) is 23.8 Å². The molecule has 1 saturated carbocycles. The summed E-state index contributed by atoms with van der Waals surface area (Å²) < 4.78 is 5.46. The van der Waals surface area contributed by atoms with E-state index in [0.717, 1.165) is 37.9 Å². The van der Waals surface area contributed by atoms with Crippen molar-refractivity contribution in [2.24, 2.45) is 5.92 Å². The van der Waals surface area contributed by atoms with Crippen molar-refractivity contribution in [2.45, 2.75) is 51.0 Å². The molecule has 2 aromatic heterocycles. The summed E-state index contributed by atoms with van der Waals surface area (Å²) in [4.78, 5) is 20.9. The van der Waals surface area contributed by atoms with Crippen LogP contribution in [0.4, 0.5) is 0 Å². The molecule has 1 fully saturated rings. The normalized spacial score (nSPS) is 25.9. The van der Waals surface area contributed by atoms with E-state index in [1.54, 1.807) is 17.6 Å². The highest BCUT2D eigenvalue weighted by Crippen LogP contribution is 2.50. The number of furan rings is 1. The molecule has 4 rings (SSSR count). The van der Waals surface area contributed by atoms with Gasteiger partial charge in [-0.2, -0.15) is 0 Å². The van der Waals surface area contributed by atoms with Gasteiger partial charge in [0.2, 0.25) is 5.91 Å². The Hall–Kier alpha value is -1.62. The number of aromatic nitrogens is 1. The molecule has 0 N–H and O–H groups in total. The summed E-state index contributed by atoms with van der Waals surface area (Å²) in [6.07, 6.45) is 6.82. The number of aryl methyl sites for hydroxylation is 2. The number of rotatable bonds is 4. The lowest BCUT2D eigenvalue weighted by atomic mass is 9.96. The minimum Gasteiger partial charge on any atom is -0.469 e. The Kier molecular flexibility index (Phi) is 3.76. The first kappa shape index (κ1) is 14.9. The zero-order chi connectivity index (χ0) is 16.0. The summed E-state index contributed by atoms with van der Waals surface area (Å²) in [6, 6.07) is 4.09. The third kappa shape index (κ3) is 2.61. The van der Waals surface area contributed by atoms with E-state index in [1.807, 2.05) is 24.1 Å². The Bertz CT molecular complexity index is 707. The van der Waals surface area contributed by atoms with E-state index in [2.05, 4.69) is 6.92 Å². The van der Waals surface area contributed by atoms with Crippen LogP contribution in [0.1, 0.15) is 59.5 Å². The van der Waals surface area contributed by atoms with Gasteiger partial charge in [0.25, 0.3) is 0 Å². The van der Waals surface area contributed by atoms with Gasteiger partial charge in [-0.15, -0.1) is 11.3 Å². The van der Waals surface area contributed by atoms with Gasteiger partial charge in [0.1, 0.15) is 5.76 Å². The topological polar surface area (TPSA) is 46.3 Å². The van der Waals surface area contributed by atoms with Crippen molar-refractivity contribution >= 4 is 17.2 Å². The predicted molar refractivity (Wildman–Crippen MR) is 89.5 cm³/mol. The lowest BCUT2D eigenvalue weighted by molar-refractivity contribution is -0.133. The van der Waals surface area contributed by atoms with Crippen LogP contribution >= 0.6 is 11.3 Å². The predicted octanol–water partition coefficient (Wildman–Crippen LogP) is 3.94. The van der Waals surface area contributed by atoms with E-state index in [4.69, 9.17) is 9.40 Å². The molecule has 0 saturated heterocycles. The largest absolute Gasteiger partial charge is 0.469 e. The van der Waals surface area contributed by atoms with Gasteiger partial charge in [0.05, 0.1) is 27.9 Å². The fraction of sp³-hybridized carbons (Fsp3) is 0.556. The maximum atomic E-state index is 12.9. The Morgan fingerprint density at radius 1 is 1.52 bits per heavy atom. The number of carbonyl (C=O) groups is 1. The van der Waals surface area contributed by atoms with Crippen LogP contribution in [-0.4, -0.2) is 22.8 Å². The molecular formula is C18H22N2O2S. The molecule has 5 heteroatoms. The second-order valence-corrected chi connectivity index (χ2v) is 7.71. The summed E-state index contributed by atoms with van der Waals surface area (Å²) >= 11 is 1.80. The van der Waals surface area contributed by atoms with E-state index >= 15 is 0 Å². The molecule has 0 radical (unpaired) electrons. The lowest BCUT2D eigenvalue weighted by Crippen LogP contribution is -2.34. The second kappa shape index (κ2) is 5.78. The zero-order valence-electron chi connectivity index (χ0n) is 13.6. The molecule has 23 heavy (non-hydrogen) atoms. The molecule has 2 aliphatic carbocycles. The highest BCUT2D eigenvalue weighted by molar-refractivity contribution is 7.11. The molecule has 0 unspecified atom stereocenters. The van der Waals surface area contributed by atoms with Crippen molar-refractivity contribution < 1.29 is 9.21 Å². The zero-order valence-corrected chi connectivity index (χ0v) is 14.4. The van der Waals surface area contributed by atoms with Crippen molar-refractivity contribution in [2.75, 3.05) is 7.05 Å². The Balaban J connectivity index is 1.51. The second-order valence-electron chi connectivity index (χ2n) is 6.59.